The molecule has 4 rings (SSSR count). The molecule has 1 N–H and O–H groups in total. The molecular weight excluding hydrogens is 312 g/mol. The summed E-state index contributed by atoms with van der Waals surface area (Å²) in [4.78, 5) is 18.0. The molecule has 2 aliphatic heterocycles. The maximum atomic E-state index is 12.9. The van der Waals surface area contributed by atoms with Gasteiger partial charge >= 0.3 is 0 Å². The molecule has 2 atom stereocenters. The third-order valence-electron chi connectivity index (χ3n) is 5.33. The standard InChI is InChI=1S/C17H20N2O3S/c1-23(21,22)15-9-13-4-5-14(10-15)19(13)17(20)12-3-2-11-6-7-18-16(11)8-12/h2-3,6-8,13-15,18H,4-5,9-10H2,1H3. The number of carbonyl (C=O) groups excluding carboxylic acids is 1. The molecule has 0 saturated carbocycles. The van der Waals surface area contributed by atoms with E-state index in [1.165, 1.54) is 6.26 Å². The van der Waals surface area contributed by atoms with Crippen molar-refractivity contribution in [3.63, 3.8) is 0 Å². The van der Waals surface area contributed by atoms with Gasteiger partial charge in [0.1, 0.15) is 9.84 Å². The van der Waals surface area contributed by atoms with E-state index in [1.807, 2.05) is 35.4 Å². The second-order valence-corrected chi connectivity index (χ2v) is 9.13. The lowest BCUT2D eigenvalue weighted by molar-refractivity contribution is 0.0598. The van der Waals surface area contributed by atoms with E-state index in [2.05, 4.69) is 4.98 Å². The number of piperidine rings is 1. The van der Waals surface area contributed by atoms with E-state index in [-0.39, 0.29) is 23.2 Å². The minimum absolute atomic E-state index is 0.0287. The number of aromatic amines is 1. The Balaban J connectivity index is 1.62. The van der Waals surface area contributed by atoms with E-state index in [4.69, 9.17) is 0 Å². The number of nitrogens with zero attached hydrogens (tertiary/aromatic N) is 1. The lowest BCUT2D eigenvalue weighted by atomic mass is 10.0. The van der Waals surface area contributed by atoms with Gasteiger partial charge in [0.05, 0.1) is 5.25 Å². The summed E-state index contributed by atoms with van der Waals surface area (Å²) < 4.78 is 23.7. The maximum absolute atomic E-state index is 12.9. The summed E-state index contributed by atoms with van der Waals surface area (Å²) >= 11 is 0. The molecule has 122 valence electrons. The molecule has 1 amide bonds. The molecule has 0 spiro atoms. The molecule has 3 heterocycles. The first-order valence-corrected chi connectivity index (χ1v) is 9.97. The van der Waals surface area contributed by atoms with Gasteiger partial charge in [0.25, 0.3) is 5.91 Å². The Bertz CT molecular complexity index is 857. The highest BCUT2D eigenvalue weighted by Crippen LogP contribution is 2.39. The predicted octanol–water partition coefficient (Wildman–Crippen LogP) is 2.35. The number of fused-ring (bicyclic) bond motifs is 3. The summed E-state index contributed by atoms with van der Waals surface area (Å²) in [5, 5.41) is 0.787. The van der Waals surface area contributed by atoms with E-state index in [9.17, 15) is 13.2 Å². The molecule has 23 heavy (non-hydrogen) atoms. The maximum Gasteiger partial charge on any atom is 0.254 e. The quantitative estimate of drug-likeness (QED) is 0.918. The Morgan fingerprint density at radius 2 is 1.87 bits per heavy atom. The molecule has 2 aromatic rings. The summed E-state index contributed by atoms with van der Waals surface area (Å²) in [5.41, 5.74) is 1.63. The van der Waals surface area contributed by atoms with Crippen LogP contribution in [0.4, 0.5) is 0 Å². The molecule has 2 saturated heterocycles. The topological polar surface area (TPSA) is 70.2 Å². The molecule has 2 unspecified atom stereocenters. The monoisotopic (exact) mass is 332 g/mol. The minimum Gasteiger partial charge on any atom is -0.361 e. The van der Waals surface area contributed by atoms with Crippen molar-refractivity contribution in [1.82, 2.24) is 9.88 Å². The van der Waals surface area contributed by atoms with Gasteiger partial charge in [-0.15, -0.1) is 0 Å². The largest absolute Gasteiger partial charge is 0.361 e. The highest BCUT2D eigenvalue weighted by molar-refractivity contribution is 7.91. The molecular formula is C17H20N2O3S. The lowest BCUT2D eigenvalue weighted by Gasteiger charge is -2.38. The number of aromatic nitrogens is 1. The van der Waals surface area contributed by atoms with Gasteiger partial charge in [0.2, 0.25) is 0 Å². The van der Waals surface area contributed by atoms with E-state index in [1.54, 1.807) is 0 Å². The van der Waals surface area contributed by atoms with Crippen molar-refractivity contribution < 1.29 is 13.2 Å². The summed E-state index contributed by atoms with van der Waals surface area (Å²) in [6.07, 6.45) is 6.14. The van der Waals surface area contributed by atoms with Gasteiger partial charge < -0.3 is 9.88 Å². The first-order valence-electron chi connectivity index (χ1n) is 8.02. The van der Waals surface area contributed by atoms with E-state index >= 15 is 0 Å². The molecule has 2 aliphatic rings. The first kappa shape index (κ1) is 14.8. The summed E-state index contributed by atoms with van der Waals surface area (Å²) in [6, 6.07) is 7.79. The highest BCUT2D eigenvalue weighted by atomic mass is 32.2. The van der Waals surface area contributed by atoms with Crippen molar-refractivity contribution in [2.24, 2.45) is 0 Å². The van der Waals surface area contributed by atoms with Crippen molar-refractivity contribution in [3.05, 3.63) is 36.0 Å². The van der Waals surface area contributed by atoms with Crippen LogP contribution in [-0.4, -0.2) is 47.8 Å². The average Bonchev–Trinajstić information content (AvgIpc) is 3.06. The van der Waals surface area contributed by atoms with E-state index in [0.717, 1.165) is 23.7 Å². The fraction of sp³-hybridized carbons (Fsp3) is 0.471. The van der Waals surface area contributed by atoms with Crippen molar-refractivity contribution in [3.8, 4) is 0 Å². The van der Waals surface area contributed by atoms with Crippen LogP contribution < -0.4 is 0 Å². The number of sulfone groups is 1. The Morgan fingerprint density at radius 3 is 2.52 bits per heavy atom. The summed E-state index contributed by atoms with van der Waals surface area (Å²) in [7, 11) is -3.03. The van der Waals surface area contributed by atoms with Crippen molar-refractivity contribution in [1.29, 1.82) is 0 Å². The van der Waals surface area contributed by atoms with Crippen LogP contribution in [0.2, 0.25) is 0 Å². The minimum atomic E-state index is -3.03. The van der Waals surface area contributed by atoms with Crippen LogP contribution in [0.3, 0.4) is 0 Å². The van der Waals surface area contributed by atoms with Crippen LogP contribution in [0.15, 0.2) is 30.5 Å². The number of carbonyl (C=O) groups is 1. The Hall–Kier alpha value is -1.82. The van der Waals surface area contributed by atoms with Crippen LogP contribution >= 0.6 is 0 Å². The molecule has 2 bridgehead atoms. The normalized spacial score (nSPS) is 27.5. The van der Waals surface area contributed by atoms with Crippen LogP contribution in [-0.2, 0) is 9.84 Å². The van der Waals surface area contributed by atoms with E-state index in [0.29, 0.717) is 18.4 Å². The highest BCUT2D eigenvalue weighted by Gasteiger charge is 2.45. The fourth-order valence-corrected chi connectivity index (χ4v) is 5.28. The lowest BCUT2D eigenvalue weighted by Crippen LogP contribution is -2.49. The summed E-state index contributed by atoms with van der Waals surface area (Å²) in [6.45, 7) is 0. The third kappa shape index (κ3) is 2.45. The van der Waals surface area contributed by atoms with Gasteiger partial charge in [-0.25, -0.2) is 8.42 Å². The summed E-state index contributed by atoms with van der Waals surface area (Å²) in [5.74, 6) is 0.0287. The van der Waals surface area contributed by atoms with Gasteiger partial charge in [0, 0.05) is 35.6 Å². The SMILES string of the molecule is CS(=O)(=O)C1CC2CCC(C1)N2C(=O)c1ccc2cc[nH]c2c1. The Morgan fingerprint density at radius 1 is 1.17 bits per heavy atom. The molecule has 0 radical (unpaired) electrons. The predicted molar refractivity (Wildman–Crippen MR) is 89.1 cm³/mol. The zero-order valence-corrected chi connectivity index (χ0v) is 13.8. The molecule has 6 heteroatoms. The molecule has 1 aromatic carbocycles. The molecule has 1 aromatic heterocycles. The smallest absolute Gasteiger partial charge is 0.254 e. The van der Waals surface area contributed by atoms with Crippen LogP contribution in [0.1, 0.15) is 36.0 Å². The second kappa shape index (κ2) is 5.09. The number of nitrogens with one attached hydrogen (secondary N) is 1. The number of rotatable bonds is 2. The third-order valence-corrected chi connectivity index (χ3v) is 6.93. The average molecular weight is 332 g/mol. The van der Waals surface area contributed by atoms with Crippen LogP contribution in [0.25, 0.3) is 10.9 Å². The van der Waals surface area contributed by atoms with Gasteiger partial charge in [-0.2, -0.15) is 0 Å². The van der Waals surface area contributed by atoms with Crippen LogP contribution in [0, 0.1) is 0 Å². The molecule has 0 aliphatic carbocycles. The number of amides is 1. The van der Waals surface area contributed by atoms with Gasteiger partial charge in [0.15, 0.2) is 0 Å². The van der Waals surface area contributed by atoms with Crippen molar-refractivity contribution >= 4 is 26.6 Å². The zero-order chi connectivity index (χ0) is 16.2. The number of benzene rings is 1. The van der Waals surface area contributed by atoms with Gasteiger partial charge in [-0.1, -0.05) is 6.07 Å². The van der Waals surface area contributed by atoms with Crippen molar-refractivity contribution in [2.75, 3.05) is 6.26 Å². The molecule has 2 fully saturated rings. The van der Waals surface area contributed by atoms with Crippen LogP contribution in [0.5, 0.6) is 0 Å². The zero-order valence-electron chi connectivity index (χ0n) is 13.0. The number of hydrogen-bond donors (Lipinski definition) is 1. The molecule has 5 nitrogen and oxygen atoms in total. The van der Waals surface area contributed by atoms with Crippen molar-refractivity contribution in [2.45, 2.75) is 43.0 Å². The van der Waals surface area contributed by atoms with Gasteiger partial charge in [-0.3, -0.25) is 4.79 Å². The second-order valence-electron chi connectivity index (χ2n) is 6.80. The fourth-order valence-electron chi connectivity index (χ4n) is 4.14. The number of hydrogen-bond acceptors (Lipinski definition) is 3. The Kier molecular flexibility index (Phi) is 3.27. The first-order chi connectivity index (χ1) is 10.9. The Labute approximate surface area is 135 Å². The van der Waals surface area contributed by atoms with E-state index < -0.39 is 9.84 Å². The van der Waals surface area contributed by atoms with Gasteiger partial charge in [-0.05, 0) is 49.3 Å². The number of H-pyrrole nitrogens is 1.